The largest absolute Gasteiger partial charge is 0.343 e. The molecule has 62 heavy (non-hydrogen) atoms. The third-order valence-corrected chi connectivity index (χ3v) is 14.7. The molecule has 0 radical (unpaired) electrons. The number of rotatable bonds is 1. The summed E-state index contributed by atoms with van der Waals surface area (Å²) in [6.45, 7) is 47.3. The molecule has 0 aliphatic rings. The first-order chi connectivity index (χ1) is 29.2. The smallest absolute Gasteiger partial charge is 0.189 e. The van der Waals surface area contributed by atoms with Crippen LogP contribution in [0.2, 0.25) is 0 Å². The highest BCUT2D eigenvalue weighted by Crippen LogP contribution is 2.43. The molecular weight excluding hydrogens is 753 g/mol. The molecule has 0 unspecified atom stereocenters. The highest BCUT2D eigenvalue weighted by atomic mass is 14.9. The Labute approximate surface area is 372 Å². The van der Waals surface area contributed by atoms with Crippen molar-refractivity contribution in [2.24, 2.45) is 14.1 Å². The van der Waals surface area contributed by atoms with Crippen molar-refractivity contribution >= 4 is 49.3 Å². The van der Waals surface area contributed by atoms with Crippen LogP contribution in [-0.4, -0.2) is 9.13 Å². The number of nitrogens with zero attached hydrogens (tertiary/aromatic N) is 4. The van der Waals surface area contributed by atoms with Gasteiger partial charge < -0.3 is 9.13 Å². The lowest BCUT2D eigenvalue weighted by Gasteiger charge is -2.13. The van der Waals surface area contributed by atoms with Gasteiger partial charge in [-0.1, -0.05) is 44.2 Å². The van der Waals surface area contributed by atoms with Crippen molar-refractivity contribution in [2.45, 2.75) is 125 Å². The minimum atomic E-state index is 0.498. The van der Waals surface area contributed by atoms with Gasteiger partial charge in [-0.2, -0.15) is 5.26 Å². The van der Waals surface area contributed by atoms with Crippen LogP contribution in [0, 0.1) is 129 Å². The molecule has 8 aromatic rings. The van der Waals surface area contributed by atoms with E-state index < -0.39 is 0 Å². The van der Waals surface area contributed by atoms with E-state index in [0.29, 0.717) is 11.3 Å². The zero-order valence-corrected chi connectivity index (χ0v) is 41.4. The molecule has 0 saturated heterocycles. The number of aromatic nitrogens is 2. The minimum Gasteiger partial charge on any atom is -0.343 e. The molecule has 0 aliphatic heterocycles. The zero-order chi connectivity index (χ0) is 46.4. The quantitative estimate of drug-likeness (QED) is 0.152. The fourth-order valence-corrected chi connectivity index (χ4v) is 9.83. The molecule has 2 heterocycles. The summed E-state index contributed by atoms with van der Waals surface area (Å²) in [5.74, 6) is 0. The number of hydrogen-bond donors (Lipinski definition) is 0. The summed E-state index contributed by atoms with van der Waals surface area (Å²) < 4.78 is 4.85. The number of benzene rings is 6. The normalized spacial score (nSPS) is 10.9. The number of nitriles is 1. The van der Waals surface area contributed by atoms with E-state index in [1.807, 2.05) is 44.2 Å². The molecule has 0 bridgehead atoms. The maximum absolute atomic E-state index is 8.88. The monoisotopic (exact) mass is 821 g/mol. The van der Waals surface area contributed by atoms with Crippen LogP contribution in [0.4, 0.5) is 5.69 Å². The van der Waals surface area contributed by atoms with Gasteiger partial charge in [0.2, 0.25) is 0 Å². The second kappa shape index (κ2) is 18.1. The highest BCUT2D eigenvalue weighted by molar-refractivity contribution is 6.15. The fraction of sp³-hybridized carbons (Fsp3) is 0.345. The molecule has 0 amide bonds. The predicted octanol–water partition coefficient (Wildman–Crippen LogP) is 16.4. The molecule has 4 heteroatoms. The average molecular weight is 821 g/mol. The molecule has 4 nitrogen and oxygen atoms in total. The standard InChI is InChI=1S/2C21H27N.C14H8N2.C2H6/c2*1-10-12(3)16(7)20-18(14(10)5)19-15(6)11(2)13(4)17(8)21(19)22(20)9;1-16-14-8-11(10-15)7-13(9-14)12-5-3-2-4-6-12;1-2/h2*1-9H3;2-9H;1-2H3. The summed E-state index contributed by atoms with van der Waals surface area (Å²) >= 11 is 0. The van der Waals surface area contributed by atoms with Gasteiger partial charge in [-0.25, -0.2) is 4.85 Å². The Kier molecular flexibility index (Phi) is 13.7. The lowest BCUT2D eigenvalue weighted by atomic mass is 9.90. The topological polar surface area (TPSA) is 38.0 Å². The minimum absolute atomic E-state index is 0.498. The molecule has 0 atom stereocenters. The zero-order valence-electron chi connectivity index (χ0n) is 41.4. The van der Waals surface area contributed by atoms with Crippen LogP contribution in [0.15, 0.2) is 48.5 Å². The Morgan fingerprint density at radius 3 is 0.968 bits per heavy atom. The van der Waals surface area contributed by atoms with E-state index in [0.717, 1.165) is 11.1 Å². The Morgan fingerprint density at radius 2 is 0.694 bits per heavy atom. The van der Waals surface area contributed by atoms with E-state index in [-0.39, 0.29) is 0 Å². The maximum atomic E-state index is 8.88. The van der Waals surface area contributed by atoms with Crippen molar-refractivity contribution in [3.63, 3.8) is 0 Å². The van der Waals surface area contributed by atoms with Crippen molar-refractivity contribution in [3.05, 3.63) is 155 Å². The Balaban J connectivity index is 0.000000174. The lowest BCUT2D eigenvalue weighted by Crippen LogP contribution is -1.97. The van der Waals surface area contributed by atoms with Crippen molar-refractivity contribution < 1.29 is 0 Å². The van der Waals surface area contributed by atoms with Gasteiger partial charge in [0.25, 0.3) is 0 Å². The van der Waals surface area contributed by atoms with E-state index in [2.05, 4.69) is 145 Å². The van der Waals surface area contributed by atoms with E-state index in [1.165, 1.54) is 133 Å². The SMILES string of the molecule is CC.Cc1c(C)c(C)c2c(c1C)c1c(C)c(C)c(C)c(C)c1n2C.Cc1c(C)c(C)c2c(c1C)c1c(C)c(C)c(C)c(C)c1n2C.[C-]#[N+]c1cc(C#N)cc(-c2ccccc2)c1. The van der Waals surface area contributed by atoms with E-state index >= 15 is 0 Å². The molecule has 6 aromatic carbocycles. The van der Waals surface area contributed by atoms with E-state index in [1.54, 1.807) is 18.2 Å². The van der Waals surface area contributed by atoms with Gasteiger partial charge in [-0.15, -0.1) is 0 Å². The summed E-state index contributed by atoms with van der Waals surface area (Å²) in [7, 11) is 4.46. The first kappa shape index (κ1) is 47.0. The summed E-state index contributed by atoms with van der Waals surface area (Å²) in [6.07, 6.45) is 0. The van der Waals surface area contributed by atoms with Gasteiger partial charge in [-0.05, 0) is 229 Å². The van der Waals surface area contributed by atoms with Crippen molar-refractivity contribution in [2.75, 3.05) is 0 Å². The van der Waals surface area contributed by atoms with Gasteiger partial charge in [-0.3, -0.25) is 0 Å². The Morgan fingerprint density at radius 1 is 0.403 bits per heavy atom. The van der Waals surface area contributed by atoms with Crippen LogP contribution >= 0.6 is 0 Å². The molecular formula is C58H68N4. The predicted molar refractivity (Wildman–Crippen MR) is 271 cm³/mol. The van der Waals surface area contributed by atoms with Crippen molar-refractivity contribution in [3.8, 4) is 17.2 Å². The molecule has 0 aliphatic carbocycles. The van der Waals surface area contributed by atoms with Crippen molar-refractivity contribution in [1.82, 2.24) is 9.13 Å². The van der Waals surface area contributed by atoms with Gasteiger partial charge in [0.1, 0.15) is 0 Å². The molecule has 320 valence electrons. The number of fused-ring (bicyclic) bond motifs is 6. The highest BCUT2D eigenvalue weighted by Gasteiger charge is 2.23. The van der Waals surface area contributed by atoms with Gasteiger partial charge in [0.05, 0.1) is 34.7 Å². The lowest BCUT2D eigenvalue weighted by molar-refractivity contribution is 0.994. The van der Waals surface area contributed by atoms with Gasteiger partial charge in [0, 0.05) is 41.2 Å². The first-order valence-corrected chi connectivity index (χ1v) is 22.1. The molecule has 0 N–H and O–H groups in total. The molecule has 2 aromatic heterocycles. The van der Waals surface area contributed by atoms with E-state index in [9.17, 15) is 0 Å². The van der Waals surface area contributed by atoms with Crippen molar-refractivity contribution in [1.29, 1.82) is 5.26 Å². The van der Waals surface area contributed by atoms with E-state index in [4.69, 9.17) is 11.8 Å². The summed E-state index contributed by atoms with van der Waals surface area (Å²) in [5.41, 5.74) is 31.5. The molecule has 0 fully saturated rings. The molecule has 0 saturated carbocycles. The second-order valence-corrected chi connectivity index (χ2v) is 17.4. The van der Waals surface area contributed by atoms with Crippen LogP contribution in [0.3, 0.4) is 0 Å². The number of hydrogen-bond acceptors (Lipinski definition) is 1. The van der Waals surface area contributed by atoms with Crippen LogP contribution in [0.25, 0.3) is 59.6 Å². The first-order valence-electron chi connectivity index (χ1n) is 22.1. The van der Waals surface area contributed by atoms with Crippen LogP contribution in [-0.2, 0) is 14.1 Å². The average Bonchev–Trinajstić information content (AvgIpc) is 3.78. The molecule has 8 rings (SSSR count). The van der Waals surface area contributed by atoms with Gasteiger partial charge >= 0.3 is 0 Å². The summed E-state index contributed by atoms with van der Waals surface area (Å²) in [5, 5.41) is 14.7. The van der Waals surface area contributed by atoms with Crippen LogP contribution in [0.5, 0.6) is 0 Å². The number of aryl methyl sites for hydroxylation is 10. The summed E-state index contributed by atoms with van der Waals surface area (Å²) in [4.78, 5) is 3.36. The Hall–Kier alpha value is -6.10. The third kappa shape index (κ3) is 7.49. The third-order valence-electron chi connectivity index (χ3n) is 14.7. The fourth-order valence-electron chi connectivity index (χ4n) is 9.83. The molecule has 0 spiro atoms. The second-order valence-electron chi connectivity index (χ2n) is 17.4. The Bertz CT molecular complexity index is 2820. The maximum Gasteiger partial charge on any atom is 0.189 e. The summed E-state index contributed by atoms with van der Waals surface area (Å²) in [6, 6.07) is 17.0. The van der Waals surface area contributed by atoms with Crippen LogP contribution in [0.1, 0.15) is 108 Å². The van der Waals surface area contributed by atoms with Crippen LogP contribution < -0.4 is 0 Å². The van der Waals surface area contributed by atoms with Gasteiger partial charge in [0.15, 0.2) is 5.69 Å².